The van der Waals surface area contributed by atoms with Crippen molar-refractivity contribution in [1.82, 2.24) is 0 Å². The van der Waals surface area contributed by atoms with E-state index in [9.17, 15) is 5.26 Å². The molecule has 0 amide bonds. The number of hydrogen-bond donors (Lipinski definition) is 0. The van der Waals surface area contributed by atoms with Gasteiger partial charge in [0.05, 0.1) is 19.1 Å². The lowest BCUT2D eigenvalue weighted by Gasteiger charge is -2.20. The maximum atomic E-state index is 9.29. The first-order chi connectivity index (χ1) is 8.35. The van der Waals surface area contributed by atoms with Crippen LogP contribution < -0.4 is 4.74 Å². The summed E-state index contributed by atoms with van der Waals surface area (Å²) in [6.45, 7) is 0. The minimum atomic E-state index is 0.171. The highest BCUT2D eigenvalue weighted by Crippen LogP contribution is 2.37. The number of rotatable bonds is 2. The van der Waals surface area contributed by atoms with Crippen molar-refractivity contribution in [2.75, 3.05) is 7.11 Å². The molecule has 0 heterocycles. The molecule has 1 aliphatic rings. The Labute approximate surface area is 103 Å². The van der Waals surface area contributed by atoms with Crippen molar-refractivity contribution in [1.29, 1.82) is 5.26 Å². The van der Waals surface area contributed by atoms with Gasteiger partial charge in [-0.15, -0.1) is 0 Å². The SMILES string of the molecule is COc1cccc(C2CCCCCC2C#N)c1. The molecule has 0 spiro atoms. The van der Waals surface area contributed by atoms with Crippen LogP contribution >= 0.6 is 0 Å². The molecule has 2 heteroatoms. The highest BCUT2D eigenvalue weighted by Gasteiger charge is 2.25. The summed E-state index contributed by atoms with van der Waals surface area (Å²) in [5.41, 5.74) is 1.26. The first-order valence-electron chi connectivity index (χ1n) is 6.38. The first kappa shape index (κ1) is 12.0. The van der Waals surface area contributed by atoms with Gasteiger partial charge in [-0.1, -0.05) is 31.4 Å². The summed E-state index contributed by atoms with van der Waals surface area (Å²) in [6.07, 6.45) is 5.86. The molecule has 2 atom stereocenters. The minimum absolute atomic E-state index is 0.171. The summed E-state index contributed by atoms with van der Waals surface area (Å²) < 4.78 is 5.26. The van der Waals surface area contributed by atoms with E-state index in [0.717, 1.165) is 18.6 Å². The Hall–Kier alpha value is -1.49. The molecule has 0 saturated heterocycles. The molecular formula is C15H19NO. The van der Waals surface area contributed by atoms with Crippen LogP contribution in [-0.2, 0) is 0 Å². The van der Waals surface area contributed by atoms with E-state index in [1.807, 2.05) is 12.1 Å². The van der Waals surface area contributed by atoms with Crippen molar-refractivity contribution < 1.29 is 4.74 Å². The molecule has 0 radical (unpaired) electrons. The second-order valence-corrected chi connectivity index (χ2v) is 4.76. The number of ether oxygens (including phenoxy) is 1. The zero-order valence-electron chi connectivity index (χ0n) is 10.4. The topological polar surface area (TPSA) is 33.0 Å². The van der Waals surface area contributed by atoms with Gasteiger partial charge in [0.15, 0.2) is 0 Å². The molecule has 1 aromatic rings. The largest absolute Gasteiger partial charge is 0.497 e. The third-order valence-electron chi connectivity index (χ3n) is 3.70. The Morgan fingerprint density at radius 2 is 2.06 bits per heavy atom. The van der Waals surface area contributed by atoms with Gasteiger partial charge in [-0.05, 0) is 36.5 Å². The summed E-state index contributed by atoms with van der Waals surface area (Å²) in [7, 11) is 1.69. The van der Waals surface area contributed by atoms with Gasteiger partial charge in [0.25, 0.3) is 0 Å². The molecule has 1 aliphatic carbocycles. The summed E-state index contributed by atoms with van der Waals surface area (Å²) >= 11 is 0. The Bertz CT molecular complexity index is 408. The number of nitrogens with zero attached hydrogens (tertiary/aromatic N) is 1. The Morgan fingerprint density at radius 3 is 2.82 bits per heavy atom. The second kappa shape index (κ2) is 5.72. The number of methoxy groups -OCH3 is 1. The fraction of sp³-hybridized carbons (Fsp3) is 0.533. The molecule has 2 unspecified atom stereocenters. The van der Waals surface area contributed by atoms with Crippen molar-refractivity contribution in [3.63, 3.8) is 0 Å². The van der Waals surface area contributed by atoms with Crippen LogP contribution in [0.25, 0.3) is 0 Å². The smallest absolute Gasteiger partial charge is 0.119 e. The van der Waals surface area contributed by atoms with Gasteiger partial charge in [0.1, 0.15) is 5.75 Å². The van der Waals surface area contributed by atoms with Crippen molar-refractivity contribution in [3.05, 3.63) is 29.8 Å². The molecule has 2 nitrogen and oxygen atoms in total. The molecule has 1 aromatic carbocycles. The molecule has 0 aromatic heterocycles. The quantitative estimate of drug-likeness (QED) is 0.721. The second-order valence-electron chi connectivity index (χ2n) is 4.76. The molecular weight excluding hydrogens is 210 g/mol. The van der Waals surface area contributed by atoms with Crippen LogP contribution in [0, 0.1) is 17.2 Å². The molecule has 1 fully saturated rings. The first-order valence-corrected chi connectivity index (χ1v) is 6.38. The van der Waals surface area contributed by atoms with Gasteiger partial charge in [-0.2, -0.15) is 5.26 Å². The predicted octanol–water partition coefficient (Wildman–Crippen LogP) is 3.88. The molecule has 90 valence electrons. The van der Waals surface area contributed by atoms with Crippen LogP contribution in [0.1, 0.15) is 43.6 Å². The Kier molecular flexibility index (Phi) is 4.03. The predicted molar refractivity (Wildman–Crippen MR) is 67.9 cm³/mol. The molecule has 2 rings (SSSR count). The van der Waals surface area contributed by atoms with Crippen LogP contribution in [-0.4, -0.2) is 7.11 Å². The lowest BCUT2D eigenvalue weighted by atomic mass is 9.83. The monoisotopic (exact) mass is 229 g/mol. The average molecular weight is 229 g/mol. The van der Waals surface area contributed by atoms with Gasteiger partial charge in [0, 0.05) is 0 Å². The molecule has 0 aliphatic heterocycles. The van der Waals surface area contributed by atoms with E-state index >= 15 is 0 Å². The van der Waals surface area contributed by atoms with Crippen molar-refractivity contribution >= 4 is 0 Å². The van der Waals surface area contributed by atoms with Crippen molar-refractivity contribution in [2.45, 2.75) is 38.0 Å². The normalized spacial score (nSPS) is 24.7. The fourth-order valence-electron chi connectivity index (χ4n) is 2.73. The van der Waals surface area contributed by atoms with E-state index in [1.165, 1.54) is 24.8 Å². The van der Waals surface area contributed by atoms with Crippen LogP contribution in [0.15, 0.2) is 24.3 Å². The van der Waals surface area contributed by atoms with E-state index in [-0.39, 0.29) is 5.92 Å². The highest BCUT2D eigenvalue weighted by molar-refractivity contribution is 5.32. The third-order valence-corrected chi connectivity index (χ3v) is 3.70. The van der Waals surface area contributed by atoms with Gasteiger partial charge >= 0.3 is 0 Å². The number of nitriles is 1. The van der Waals surface area contributed by atoms with E-state index < -0.39 is 0 Å². The summed E-state index contributed by atoms with van der Waals surface area (Å²) in [5.74, 6) is 1.45. The van der Waals surface area contributed by atoms with Crippen LogP contribution in [0.3, 0.4) is 0 Å². The van der Waals surface area contributed by atoms with Crippen LogP contribution in [0.2, 0.25) is 0 Å². The standard InChI is InChI=1S/C15H19NO/c1-17-14-8-5-7-12(10-14)15-9-4-2-3-6-13(15)11-16/h5,7-8,10,13,15H,2-4,6,9H2,1H3. The average Bonchev–Trinajstić information content (AvgIpc) is 2.63. The summed E-state index contributed by atoms with van der Waals surface area (Å²) in [4.78, 5) is 0. The molecule has 17 heavy (non-hydrogen) atoms. The van der Waals surface area contributed by atoms with Gasteiger partial charge in [-0.25, -0.2) is 0 Å². The van der Waals surface area contributed by atoms with Crippen LogP contribution in [0.4, 0.5) is 0 Å². The van der Waals surface area contributed by atoms with Gasteiger partial charge < -0.3 is 4.74 Å². The highest BCUT2D eigenvalue weighted by atomic mass is 16.5. The van der Waals surface area contributed by atoms with E-state index in [0.29, 0.717) is 5.92 Å². The van der Waals surface area contributed by atoms with Crippen LogP contribution in [0.5, 0.6) is 5.75 Å². The Morgan fingerprint density at radius 1 is 1.24 bits per heavy atom. The van der Waals surface area contributed by atoms with E-state index in [2.05, 4.69) is 18.2 Å². The van der Waals surface area contributed by atoms with Gasteiger partial charge in [0.2, 0.25) is 0 Å². The van der Waals surface area contributed by atoms with E-state index in [1.54, 1.807) is 7.11 Å². The number of hydrogen-bond acceptors (Lipinski definition) is 2. The maximum absolute atomic E-state index is 9.29. The zero-order valence-corrected chi connectivity index (χ0v) is 10.4. The van der Waals surface area contributed by atoms with Gasteiger partial charge in [-0.3, -0.25) is 0 Å². The van der Waals surface area contributed by atoms with E-state index in [4.69, 9.17) is 4.74 Å². The fourth-order valence-corrected chi connectivity index (χ4v) is 2.73. The maximum Gasteiger partial charge on any atom is 0.119 e. The minimum Gasteiger partial charge on any atom is -0.497 e. The molecule has 0 N–H and O–H groups in total. The third kappa shape index (κ3) is 2.79. The lowest BCUT2D eigenvalue weighted by molar-refractivity contribution is 0.412. The Balaban J connectivity index is 2.25. The molecule has 0 bridgehead atoms. The summed E-state index contributed by atoms with van der Waals surface area (Å²) in [6, 6.07) is 10.7. The molecule has 1 saturated carbocycles. The lowest BCUT2D eigenvalue weighted by Crippen LogP contribution is -2.09. The number of benzene rings is 1. The van der Waals surface area contributed by atoms with Crippen molar-refractivity contribution in [3.8, 4) is 11.8 Å². The summed E-state index contributed by atoms with van der Waals surface area (Å²) in [5, 5.41) is 9.29. The zero-order chi connectivity index (χ0) is 12.1. The van der Waals surface area contributed by atoms with Crippen molar-refractivity contribution in [2.24, 2.45) is 5.92 Å².